The quantitative estimate of drug-likeness (QED) is 0.710. The van der Waals surface area contributed by atoms with Gasteiger partial charge in [-0.15, -0.1) is 10.2 Å². The van der Waals surface area contributed by atoms with E-state index in [4.69, 9.17) is 5.73 Å². The van der Waals surface area contributed by atoms with Crippen molar-refractivity contribution in [2.75, 3.05) is 0 Å². The molecule has 3 rings (SSSR count). The second-order valence-corrected chi connectivity index (χ2v) is 4.82. The van der Waals surface area contributed by atoms with Gasteiger partial charge in [0.05, 0.1) is 12.1 Å². The van der Waals surface area contributed by atoms with E-state index in [1.807, 2.05) is 0 Å². The molecule has 0 aliphatic heterocycles. The standard InChI is InChI=1S/C14H16N4/c1-8-4-10(3)14-11(5-8)9(2)6-12-16-17-13(7-15)18(12)14/h4-6H,7,15H2,1-3H3. The molecule has 0 aliphatic rings. The van der Waals surface area contributed by atoms with Crippen LogP contribution in [0.3, 0.4) is 0 Å². The Balaban J connectivity index is 2.62. The smallest absolute Gasteiger partial charge is 0.161 e. The SMILES string of the molecule is Cc1cc(C)c2c(c1)c(C)cc1nnc(CN)n12. The van der Waals surface area contributed by atoms with Crippen molar-refractivity contribution in [2.45, 2.75) is 27.3 Å². The highest BCUT2D eigenvalue weighted by Crippen LogP contribution is 2.26. The zero-order valence-electron chi connectivity index (χ0n) is 10.9. The van der Waals surface area contributed by atoms with Crippen LogP contribution in [0.5, 0.6) is 0 Å². The first-order chi connectivity index (χ1) is 8.61. The van der Waals surface area contributed by atoms with Crippen molar-refractivity contribution in [3.8, 4) is 0 Å². The first kappa shape index (κ1) is 11.2. The van der Waals surface area contributed by atoms with Gasteiger partial charge < -0.3 is 5.73 Å². The summed E-state index contributed by atoms with van der Waals surface area (Å²) in [5.74, 6) is 0.807. The van der Waals surface area contributed by atoms with Crippen molar-refractivity contribution in [3.05, 3.63) is 40.7 Å². The van der Waals surface area contributed by atoms with Crippen LogP contribution in [0.1, 0.15) is 22.5 Å². The lowest BCUT2D eigenvalue weighted by molar-refractivity contribution is 0.893. The summed E-state index contributed by atoms with van der Waals surface area (Å²) in [6.07, 6.45) is 0. The van der Waals surface area contributed by atoms with Gasteiger partial charge in [0.1, 0.15) is 0 Å². The second-order valence-electron chi connectivity index (χ2n) is 4.82. The molecule has 0 atom stereocenters. The van der Waals surface area contributed by atoms with Gasteiger partial charge in [0, 0.05) is 5.39 Å². The van der Waals surface area contributed by atoms with Crippen molar-refractivity contribution < 1.29 is 0 Å². The number of nitrogens with two attached hydrogens (primary N) is 1. The molecule has 0 radical (unpaired) electrons. The molecule has 2 aromatic heterocycles. The molecule has 18 heavy (non-hydrogen) atoms. The van der Waals surface area contributed by atoms with Crippen molar-refractivity contribution in [3.63, 3.8) is 0 Å². The summed E-state index contributed by atoms with van der Waals surface area (Å²) in [4.78, 5) is 0. The lowest BCUT2D eigenvalue weighted by atomic mass is 10.0. The van der Waals surface area contributed by atoms with Gasteiger partial charge in [-0.3, -0.25) is 4.40 Å². The molecule has 0 saturated carbocycles. The third-order valence-corrected chi connectivity index (χ3v) is 3.38. The first-order valence-electron chi connectivity index (χ1n) is 6.06. The minimum Gasteiger partial charge on any atom is -0.324 e. The predicted molar refractivity (Wildman–Crippen MR) is 72.6 cm³/mol. The number of fused-ring (bicyclic) bond motifs is 3. The summed E-state index contributed by atoms with van der Waals surface area (Å²) < 4.78 is 2.07. The number of hydrogen-bond acceptors (Lipinski definition) is 3. The Morgan fingerprint density at radius 2 is 1.83 bits per heavy atom. The predicted octanol–water partition coefficient (Wildman–Crippen LogP) is 2.27. The molecule has 2 heterocycles. The molecule has 0 fully saturated rings. The third-order valence-electron chi connectivity index (χ3n) is 3.38. The highest BCUT2D eigenvalue weighted by Gasteiger charge is 2.12. The van der Waals surface area contributed by atoms with Gasteiger partial charge in [-0.1, -0.05) is 11.6 Å². The molecule has 0 amide bonds. The molecule has 4 heteroatoms. The van der Waals surface area contributed by atoms with Crippen LogP contribution in [0.4, 0.5) is 0 Å². The van der Waals surface area contributed by atoms with Crippen LogP contribution in [0.2, 0.25) is 0 Å². The molecule has 2 N–H and O–H groups in total. The lowest BCUT2D eigenvalue weighted by Gasteiger charge is -2.11. The summed E-state index contributed by atoms with van der Waals surface area (Å²) in [6.45, 7) is 6.74. The fraction of sp³-hybridized carbons (Fsp3) is 0.286. The summed E-state index contributed by atoms with van der Waals surface area (Å²) in [7, 11) is 0. The molecule has 0 unspecified atom stereocenters. The Morgan fingerprint density at radius 3 is 2.56 bits per heavy atom. The first-order valence-corrected chi connectivity index (χ1v) is 6.06. The van der Waals surface area contributed by atoms with Gasteiger partial charge in [-0.2, -0.15) is 0 Å². The van der Waals surface area contributed by atoms with E-state index < -0.39 is 0 Å². The normalized spacial score (nSPS) is 11.6. The van der Waals surface area contributed by atoms with E-state index in [2.05, 4.69) is 53.6 Å². The van der Waals surface area contributed by atoms with Gasteiger partial charge in [0.15, 0.2) is 11.5 Å². The van der Waals surface area contributed by atoms with Crippen LogP contribution in [0.15, 0.2) is 18.2 Å². The molecule has 0 spiro atoms. The third kappa shape index (κ3) is 1.42. The number of nitrogens with zero attached hydrogens (tertiary/aromatic N) is 3. The number of rotatable bonds is 1. The fourth-order valence-electron chi connectivity index (χ4n) is 2.63. The summed E-state index contributed by atoms with van der Waals surface area (Å²) in [5, 5.41) is 9.60. The zero-order valence-corrected chi connectivity index (χ0v) is 10.9. The number of benzene rings is 1. The Bertz CT molecular complexity index is 755. The van der Waals surface area contributed by atoms with Crippen LogP contribution in [-0.4, -0.2) is 14.6 Å². The molecular weight excluding hydrogens is 224 g/mol. The van der Waals surface area contributed by atoms with Crippen LogP contribution in [-0.2, 0) is 6.54 Å². The van der Waals surface area contributed by atoms with Gasteiger partial charge in [0.2, 0.25) is 0 Å². The van der Waals surface area contributed by atoms with E-state index in [0.717, 1.165) is 11.5 Å². The largest absolute Gasteiger partial charge is 0.324 e. The fourth-order valence-corrected chi connectivity index (χ4v) is 2.63. The van der Waals surface area contributed by atoms with Crippen molar-refractivity contribution in [2.24, 2.45) is 5.73 Å². The van der Waals surface area contributed by atoms with E-state index >= 15 is 0 Å². The summed E-state index contributed by atoms with van der Waals surface area (Å²) in [5.41, 5.74) is 11.5. The van der Waals surface area contributed by atoms with Gasteiger partial charge >= 0.3 is 0 Å². The Morgan fingerprint density at radius 1 is 1.06 bits per heavy atom. The molecule has 0 saturated heterocycles. The molecule has 92 valence electrons. The molecule has 0 aliphatic carbocycles. The Labute approximate surface area is 105 Å². The summed E-state index contributed by atoms with van der Waals surface area (Å²) in [6, 6.07) is 6.45. The summed E-state index contributed by atoms with van der Waals surface area (Å²) >= 11 is 0. The average molecular weight is 240 g/mol. The number of aryl methyl sites for hydroxylation is 3. The Hall–Kier alpha value is -1.94. The van der Waals surface area contributed by atoms with E-state index in [0.29, 0.717) is 6.54 Å². The van der Waals surface area contributed by atoms with E-state index in [1.165, 1.54) is 27.6 Å². The maximum atomic E-state index is 5.75. The molecule has 1 aromatic carbocycles. The monoisotopic (exact) mass is 240 g/mol. The van der Waals surface area contributed by atoms with Gasteiger partial charge in [-0.25, -0.2) is 0 Å². The second kappa shape index (κ2) is 3.78. The Kier molecular flexibility index (Phi) is 2.35. The van der Waals surface area contributed by atoms with Crippen LogP contribution in [0.25, 0.3) is 16.6 Å². The average Bonchev–Trinajstić information content (AvgIpc) is 2.71. The molecule has 4 nitrogen and oxygen atoms in total. The van der Waals surface area contributed by atoms with Gasteiger partial charge in [0.25, 0.3) is 0 Å². The number of aromatic nitrogens is 3. The van der Waals surface area contributed by atoms with Crippen LogP contribution >= 0.6 is 0 Å². The molecular formula is C14H16N4. The number of pyridine rings is 1. The molecule has 0 bridgehead atoms. The van der Waals surface area contributed by atoms with Crippen molar-refractivity contribution >= 4 is 16.6 Å². The lowest BCUT2D eigenvalue weighted by Crippen LogP contribution is -2.04. The highest BCUT2D eigenvalue weighted by atomic mass is 15.3. The number of hydrogen-bond donors (Lipinski definition) is 1. The van der Waals surface area contributed by atoms with Gasteiger partial charge in [-0.05, 0) is 44.0 Å². The molecule has 3 aromatic rings. The maximum Gasteiger partial charge on any atom is 0.161 e. The van der Waals surface area contributed by atoms with E-state index in [9.17, 15) is 0 Å². The minimum atomic E-state index is 0.395. The minimum absolute atomic E-state index is 0.395. The van der Waals surface area contributed by atoms with Crippen LogP contribution in [0, 0.1) is 20.8 Å². The zero-order chi connectivity index (χ0) is 12.9. The van der Waals surface area contributed by atoms with Crippen LogP contribution < -0.4 is 5.73 Å². The van der Waals surface area contributed by atoms with Crippen molar-refractivity contribution in [1.29, 1.82) is 0 Å². The topological polar surface area (TPSA) is 56.2 Å². The van der Waals surface area contributed by atoms with E-state index in [1.54, 1.807) is 0 Å². The van der Waals surface area contributed by atoms with E-state index in [-0.39, 0.29) is 0 Å². The maximum absolute atomic E-state index is 5.75. The highest BCUT2D eigenvalue weighted by molar-refractivity contribution is 5.88. The van der Waals surface area contributed by atoms with Crippen molar-refractivity contribution in [1.82, 2.24) is 14.6 Å².